The SMILES string of the molecule is O=C(O)Cc1ccc(SC2=C(/C=C/c3cc(-c4ccccc4S(=O)(=O)O)[s+]c4ccccc34)C3CCC(C3)/C2=C\C=C2/C=C(c3ccccc3)Sc3ccccc32)cc1. The van der Waals surface area contributed by atoms with Crippen LogP contribution in [0.3, 0.4) is 0 Å². The molecule has 0 amide bonds. The Balaban J connectivity index is 1.19. The number of thioether (sulfide) groups is 2. The van der Waals surface area contributed by atoms with E-state index >= 15 is 0 Å². The predicted octanol–water partition coefficient (Wildman–Crippen LogP) is 13.4. The van der Waals surface area contributed by atoms with E-state index in [0.29, 0.717) is 17.4 Å². The highest BCUT2D eigenvalue weighted by Crippen LogP contribution is 2.54. The fourth-order valence-electron chi connectivity index (χ4n) is 8.32. The van der Waals surface area contributed by atoms with E-state index in [0.717, 1.165) is 50.2 Å². The molecule has 0 saturated heterocycles. The van der Waals surface area contributed by atoms with Crippen LogP contribution in [0.2, 0.25) is 0 Å². The first-order valence-corrected chi connectivity index (χ1v) is 23.4. The van der Waals surface area contributed by atoms with E-state index in [1.807, 2.05) is 54.6 Å². The second kappa shape index (κ2) is 16.8. The molecule has 3 aliphatic rings. The minimum atomic E-state index is -4.45. The topological polar surface area (TPSA) is 91.7 Å². The Morgan fingerprint density at radius 1 is 0.797 bits per heavy atom. The molecule has 1 fully saturated rings. The number of aliphatic carboxylic acids is 1. The minimum Gasteiger partial charge on any atom is -0.481 e. The van der Waals surface area contributed by atoms with E-state index in [-0.39, 0.29) is 11.3 Å². The zero-order chi connectivity index (χ0) is 40.5. The van der Waals surface area contributed by atoms with E-state index in [2.05, 4.69) is 85.0 Å². The molecule has 1 aromatic heterocycles. The molecule has 2 bridgehead atoms. The number of carboxylic acids is 1. The van der Waals surface area contributed by atoms with Crippen LogP contribution in [0.1, 0.15) is 41.5 Å². The Labute approximate surface area is 357 Å². The van der Waals surface area contributed by atoms with Crippen molar-refractivity contribution >= 4 is 77.6 Å². The van der Waals surface area contributed by atoms with Gasteiger partial charge >= 0.3 is 5.97 Å². The van der Waals surface area contributed by atoms with Crippen molar-refractivity contribution in [3.8, 4) is 10.4 Å². The predicted molar refractivity (Wildman–Crippen MR) is 245 cm³/mol. The molecule has 2 aliphatic carbocycles. The van der Waals surface area contributed by atoms with Crippen molar-refractivity contribution in [2.45, 2.75) is 40.4 Å². The Hall–Kier alpha value is -5.29. The van der Waals surface area contributed by atoms with Crippen molar-refractivity contribution in [3.05, 3.63) is 196 Å². The third kappa shape index (κ3) is 8.44. The molecule has 1 aliphatic heterocycles. The van der Waals surface area contributed by atoms with Gasteiger partial charge in [0.05, 0.1) is 12.0 Å². The van der Waals surface area contributed by atoms with Crippen molar-refractivity contribution < 1.29 is 22.9 Å². The number of fused-ring (bicyclic) bond motifs is 4. The van der Waals surface area contributed by atoms with Gasteiger partial charge in [-0.2, -0.15) is 8.42 Å². The quantitative estimate of drug-likeness (QED) is 0.105. The summed E-state index contributed by atoms with van der Waals surface area (Å²) in [5.74, 6) is -0.0890. The fourth-order valence-corrected chi connectivity index (χ4v) is 12.6. The molecule has 2 N–H and O–H groups in total. The third-order valence-corrected chi connectivity index (χ3v) is 15.5. The Bertz CT molecular complexity index is 2890. The number of hydrogen-bond acceptors (Lipinski definition) is 5. The monoisotopic (exact) mass is 847 g/mol. The number of rotatable bonds is 10. The highest BCUT2D eigenvalue weighted by molar-refractivity contribution is 8.08. The van der Waals surface area contributed by atoms with Crippen LogP contribution in [-0.2, 0) is 21.3 Å². The standard InChI is InChI=1S/C50H38O5S4/c51-49(52)28-32-18-24-38(25-19-32)56-50-41(26-22-36-30-46(33-10-2-1-3-11-33)57-44-15-7-4-12-39(36)44)34-20-21-35(29-34)42(50)27-23-37-31-47(58-45-16-8-5-13-40(37)45)43-14-6-9-17-48(43)59(53,54)55/h1-19,22-27,30-31,34-35H,20-21,28-29H2,(H-,51,52,53,54,55)/p+1. The van der Waals surface area contributed by atoms with Gasteiger partial charge in [0.25, 0.3) is 10.1 Å². The van der Waals surface area contributed by atoms with E-state index in [1.165, 1.54) is 60.0 Å². The number of hydrogen-bond donors (Lipinski definition) is 2. The van der Waals surface area contributed by atoms with Gasteiger partial charge in [-0.25, -0.2) is 0 Å². The highest BCUT2D eigenvalue weighted by Gasteiger charge is 2.37. The molecule has 0 spiro atoms. The van der Waals surface area contributed by atoms with Gasteiger partial charge in [0.2, 0.25) is 20.9 Å². The molecule has 59 heavy (non-hydrogen) atoms. The van der Waals surface area contributed by atoms with Crippen LogP contribution >= 0.6 is 34.9 Å². The summed E-state index contributed by atoms with van der Waals surface area (Å²) >= 11 is 5.04. The van der Waals surface area contributed by atoms with Gasteiger partial charge in [-0.15, -0.1) is 0 Å². The smallest absolute Gasteiger partial charge is 0.307 e. The molecule has 292 valence electrons. The molecule has 2 atom stereocenters. The summed E-state index contributed by atoms with van der Waals surface area (Å²) in [5, 5.41) is 10.5. The van der Waals surface area contributed by atoms with Crippen molar-refractivity contribution in [3.63, 3.8) is 0 Å². The summed E-state index contributed by atoms with van der Waals surface area (Å²) in [6, 6.07) is 43.7. The Morgan fingerprint density at radius 2 is 1.51 bits per heavy atom. The molecule has 5 aromatic carbocycles. The van der Waals surface area contributed by atoms with Gasteiger partial charge in [-0.05, 0) is 113 Å². The van der Waals surface area contributed by atoms with Gasteiger partial charge < -0.3 is 5.11 Å². The van der Waals surface area contributed by atoms with Crippen LogP contribution in [-0.4, -0.2) is 24.0 Å². The summed E-state index contributed by atoms with van der Waals surface area (Å²) in [5.41, 5.74) is 8.32. The highest BCUT2D eigenvalue weighted by atomic mass is 32.2. The molecular formula is C50H39O5S4+. The molecule has 2 heterocycles. The summed E-state index contributed by atoms with van der Waals surface area (Å²) in [6.07, 6.45) is 14.6. The first-order valence-electron chi connectivity index (χ1n) is 19.5. The summed E-state index contributed by atoms with van der Waals surface area (Å²) < 4.78 is 36.1. The van der Waals surface area contributed by atoms with Crippen molar-refractivity contribution in [2.24, 2.45) is 11.8 Å². The molecule has 5 nitrogen and oxygen atoms in total. The maximum absolute atomic E-state index is 12.5. The average molecular weight is 848 g/mol. The number of carbonyl (C=O) groups is 1. The number of allylic oxidation sites excluding steroid dienone is 7. The molecular weight excluding hydrogens is 809 g/mol. The van der Waals surface area contributed by atoms with Crippen molar-refractivity contribution in [1.82, 2.24) is 0 Å². The van der Waals surface area contributed by atoms with Crippen molar-refractivity contribution in [1.29, 1.82) is 0 Å². The van der Waals surface area contributed by atoms with Crippen LogP contribution < -0.4 is 0 Å². The zero-order valence-corrected chi connectivity index (χ0v) is 35.1. The van der Waals surface area contributed by atoms with E-state index in [4.69, 9.17) is 0 Å². The van der Waals surface area contributed by atoms with Gasteiger partial charge in [0, 0.05) is 37.1 Å². The number of carboxylic acid groups (broad SMARTS) is 1. The van der Waals surface area contributed by atoms with E-state index < -0.39 is 16.1 Å². The molecule has 0 radical (unpaired) electrons. The molecule has 9 heteroatoms. The van der Waals surface area contributed by atoms with Crippen molar-refractivity contribution in [2.75, 3.05) is 0 Å². The third-order valence-electron chi connectivity index (χ3n) is 11.1. The summed E-state index contributed by atoms with van der Waals surface area (Å²) in [4.78, 5) is 16.8. The van der Waals surface area contributed by atoms with E-state index in [9.17, 15) is 22.9 Å². The van der Waals surface area contributed by atoms with E-state index in [1.54, 1.807) is 41.7 Å². The van der Waals surface area contributed by atoms with Crippen LogP contribution in [0, 0.1) is 11.8 Å². The van der Waals surface area contributed by atoms with Crippen LogP contribution in [0.15, 0.2) is 189 Å². The van der Waals surface area contributed by atoms with Gasteiger partial charge in [0.1, 0.15) is 4.90 Å². The first-order chi connectivity index (χ1) is 28.7. The van der Waals surface area contributed by atoms with Gasteiger partial charge in [-0.1, -0.05) is 133 Å². The second-order valence-corrected chi connectivity index (χ2v) is 19.5. The molecule has 9 rings (SSSR count). The molecule has 2 unspecified atom stereocenters. The second-order valence-electron chi connectivity index (χ2n) is 14.9. The summed E-state index contributed by atoms with van der Waals surface area (Å²) in [7, 11) is -4.45. The fraction of sp³-hybridized carbons (Fsp3) is 0.120. The maximum Gasteiger partial charge on any atom is 0.307 e. The number of benzene rings is 5. The van der Waals surface area contributed by atoms with Crippen LogP contribution in [0.4, 0.5) is 0 Å². The molecule has 6 aromatic rings. The Kier molecular flexibility index (Phi) is 11.1. The maximum atomic E-state index is 12.5. The lowest BCUT2D eigenvalue weighted by Gasteiger charge is -2.28. The van der Waals surface area contributed by atoms with Crippen LogP contribution in [0.25, 0.3) is 37.1 Å². The minimum absolute atomic E-state index is 0.0225. The normalized spacial score (nSPS) is 19.1. The lowest BCUT2D eigenvalue weighted by Crippen LogP contribution is -2.12. The average Bonchev–Trinajstić information content (AvgIpc) is 3.68. The zero-order valence-electron chi connectivity index (χ0n) is 31.8. The van der Waals surface area contributed by atoms with Gasteiger partial charge in [-0.3, -0.25) is 9.35 Å². The van der Waals surface area contributed by atoms with Gasteiger partial charge in [0.15, 0.2) is 0 Å². The molecule has 1 saturated carbocycles. The lowest BCUT2D eigenvalue weighted by atomic mass is 9.84. The first kappa shape index (κ1) is 39.2. The largest absolute Gasteiger partial charge is 0.481 e. The Morgan fingerprint density at radius 3 is 2.31 bits per heavy atom. The lowest BCUT2D eigenvalue weighted by molar-refractivity contribution is -0.136. The summed E-state index contributed by atoms with van der Waals surface area (Å²) in [6.45, 7) is 0. The van der Waals surface area contributed by atoms with Crippen LogP contribution in [0.5, 0.6) is 0 Å².